The second-order valence-electron chi connectivity index (χ2n) is 4.97. The van der Waals surface area contributed by atoms with Crippen LogP contribution in [0.3, 0.4) is 0 Å². The predicted octanol–water partition coefficient (Wildman–Crippen LogP) is 1.08. The van der Waals surface area contributed by atoms with Crippen LogP contribution in [0.2, 0.25) is 0 Å². The highest BCUT2D eigenvalue weighted by molar-refractivity contribution is 5.95. The average molecular weight is 277 g/mol. The first kappa shape index (κ1) is 14.5. The van der Waals surface area contributed by atoms with E-state index in [1.165, 1.54) is 18.2 Å². The van der Waals surface area contributed by atoms with E-state index in [1.54, 1.807) is 0 Å². The van der Waals surface area contributed by atoms with E-state index < -0.39 is 17.3 Å². The van der Waals surface area contributed by atoms with Gasteiger partial charge in [-0.1, -0.05) is 11.8 Å². The molecule has 1 aromatic rings. The fourth-order valence-corrected chi connectivity index (χ4v) is 2.03. The zero-order chi connectivity index (χ0) is 14.6. The summed E-state index contributed by atoms with van der Waals surface area (Å²) < 4.78 is 19.0. The van der Waals surface area contributed by atoms with E-state index in [2.05, 4.69) is 17.2 Å². The Morgan fingerprint density at radius 2 is 2.40 bits per heavy atom. The van der Waals surface area contributed by atoms with Gasteiger partial charge in [0.25, 0.3) is 5.91 Å². The van der Waals surface area contributed by atoms with Crippen LogP contribution in [0.25, 0.3) is 0 Å². The minimum Gasteiger partial charge on any atom is -0.384 e. The molecule has 4 nitrogen and oxygen atoms in total. The highest BCUT2D eigenvalue weighted by atomic mass is 19.1. The largest absolute Gasteiger partial charge is 0.384 e. The Balaban J connectivity index is 2.20. The molecule has 0 aliphatic carbocycles. The van der Waals surface area contributed by atoms with Crippen LogP contribution in [-0.4, -0.2) is 36.4 Å². The Morgan fingerprint density at radius 1 is 1.60 bits per heavy atom. The van der Waals surface area contributed by atoms with Crippen molar-refractivity contribution in [3.8, 4) is 11.8 Å². The number of amides is 1. The van der Waals surface area contributed by atoms with E-state index in [-0.39, 0.29) is 12.2 Å². The van der Waals surface area contributed by atoms with Gasteiger partial charge in [-0.15, -0.1) is 0 Å². The predicted molar refractivity (Wildman–Crippen MR) is 71.7 cm³/mol. The van der Waals surface area contributed by atoms with Crippen LogP contribution < -0.4 is 5.32 Å². The Bertz CT molecular complexity index is 568. The number of aliphatic hydroxyl groups is 1. The Kier molecular flexibility index (Phi) is 4.38. The third kappa shape index (κ3) is 3.35. The smallest absolute Gasteiger partial charge is 0.254 e. The lowest BCUT2D eigenvalue weighted by molar-refractivity contribution is 0.0885. The van der Waals surface area contributed by atoms with E-state index in [9.17, 15) is 9.18 Å². The highest BCUT2D eigenvalue weighted by Gasteiger charge is 2.32. The molecular formula is C15H16FNO3. The van der Waals surface area contributed by atoms with Gasteiger partial charge in [0.2, 0.25) is 0 Å². The summed E-state index contributed by atoms with van der Waals surface area (Å²) in [6.45, 7) is 2.59. The molecule has 2 N–H and O–H groups in total. The molecule has 106 valence electrons. The minimum absolute atomic E-state index is 0.0529. The number of hydrogen-bond donors (Lipinski definition) is 2. The minimum atomic E-state index is -0.598. The third-order valence-electron chi connectivity index (χ3n) is 3.16. The SMILES string of the molecule is CC1(NC(=O)c2cc(C#CCO)ccc2F)CCOC1. The monoisotopic (exact) mass is 277 g/mol. The van der Waals surface area contributed by atoms with Gasteiger partial charge in [-0.25, -0.2) is 4.39 Å². The number of rotatable bonds is 2. The molecule has 2 rings (SSSR count). The van der Waals surface area contributed by atoms with Crippen LogP contribution >= 0.6 is 0 Å². The number of nitrogens with one attached hydrogen (secondary N) is 1. The Labute approximate surface area is 116 Å². The van der Waals surface area contributed by atoms with Gasteiger partial charge in [0.1, 0.15) is 12.4 Å². The Hall–Kier alpha value is -1.90. The van der Waals surface area contributed by atoms with E-state index in [0.29, 0.717) is 25.2 Å². The van der Waals surface area contributed by atoms with Gasteiger partial charge < -0.3 is 15.2 Å². The van der Waals surface area contributed by atoms with Gasteiger partial charge in [-0.3, -0.25) is 4.79 Å². The van der Waals surface area contributed by atoms with Gasteiger partial charge in [0, 0.05) is 12.2 Å². The molecular weight excluding hydrogens is 261 g/mol. The molecule has 20 heavy (non-hydrogen) atoms. The molecule has 1 saturated heterocycles. The lowest BCUT2D eigenvalue weighted by atomic mass is 10.0. The second kappa shape index (κ2) is 6.04. The van der Waals surface area contributed by atoms with E-state index >= 15 is 0 Å². The number of hydrogen-bond acceptors (Lipinski definition) is 3. The quantitative estimate of drug-likeness (QED) is 0.795. The zero-order valence-electron chi connectivity index (χ0n) is 11.2. The third-order valence-corrected chi connectivity index (χ3v) is 3.16. The molecule has 1 fully saturated rings. The summed E-state index contributed by atoms with van der Waals surface area (Å²) >= 11 is 0. The van der Waals surface area contributed by atoms with Crippen molar-refractivity contribution >= 4 is 5.91 Å². The summed E-state index contributed by atoms with van der Waals surface area (Å²) in [5.41, 5.74) is -0.0302. The van der Waals surface area contributed by atoms with E-state index in [4.69, 9.17) is 9.84 Å². The van der Waals surface area contributed by atoms with Crippen LogP contribution in [0.1, 0.15) is 29.3 Å². The van der Waals surface area contributed by atoms with Gasteiger partial charge in [-0.05, 0) is 31.5 Å². The van der Waals surface area contributed by atoms with Crippen LogP contribution in [0.4, 0.5) is 4.39 Å². The summed E-state index contributed by atoms with van der Waals surface area (Å²) in [6.07, 6.45) is 0.699. The molecule has 0 aromatic heterocycles. The van der Waals surface area contributed by atoms with Crippen LogP contribution in [0, 0.1) is 17.7 Å². The van der Waals surface area contributed by atoms with Crippen molar-refractivity contribution in [3.05, 3.63) is 35.1 Å². The maximum Gasteiger partial charge on any atom is 0.254 e. The first-order valence-corrected chi connectivity index (χ1v) is 6.34. The normalized spacial score (nSPS) is 21.1. The van der Waals surface area contributed by atoms with Gasteiger partial charge in [0.15, 0.2) is 0 Å². The number of carbonyl (C=O) groups is 1. The van der Waals surface area contributed by atoms with Crippen molar-refractivity contribution in [1.82, 2.24) is 5.32 Å². The molecule has 0 radical (unpaired) electrons. The molecule has 1 heterocycles. The number of ether oxygens (including phenoxy) is 1. The molecule has 1 unspecified atom stereocenters. The van der Waals surface area contributed by atoms with Crippen LogP contribution in [0.15, 0.2) is 18.2 Å². The lowest BCUT2D eigenvalue weighted by Gasteiger charge is -2.23. The summed E-state index contributed by atoms with van der Waals surface area (Å²) in [7, 11) is 0. The summed E-state index contributed by atoms with van der Waals surface area (Å²) in [5.74, 6) is 4.03. The molecule has 1 atom stereocenters. The second-order valence-corrected chi connectivity index (χ2v) is 4.97. The van der Waals surface area contributed by atoms with Gasteiger partial charge >= 0.3 is 0 Å². The summed E-state index contributed by atoms with van der Waals surface area (Å²) in [5, 5.41) is 11.4. The van der Waals surface area contributed by atoms with Crippen molar-refractivity contribution < 1.29 is 19.0 Å². The van der Waals surface area contributed by atoms with Gasteiger partial charge in [-0.2, -0.15) is 0 Å². The molecule has 0 saturated carbocycles. The van der Waals surface area contributed by atoms with Crippen molar-refractivity contribution in [2.75, 3.05) is 19.8 Å². The van der Waals surface area contributed by atoms with Crippen molar-refractivity contribution in [3.63, 3.8) is 0 Å². The zero-order valence-corrected chi connectivity index (χ0v) is 11.2. The van der Waals surface area contributed by atoms with Crippen molar-refractivity contribution in [1.29, 1.82) is 0 Å². The first-order valence-electron chi connectivity index (χ1n) is 6.34. The fourth-order valence-electron chi connectivity index (χ4n) is 2.03. The first-order chi connectivity index (χ1) is 9.54. The van der Waals surface area contributed by atoms with Crippen molar-refractivity contribution in [2.45, 2.75) is 18.9 Å². The molecule has 1 aromatic carbocycles. The van der Waals surface area contributed by atoms with Crippen LogP contribution in [0.5, 0.6) is 0 Å². The maximum absolute atomic E-state index is 13.8. The summed E-state index contributed by atoms with van der Waals surface area (Å²) in [4.78, 5) is 12.1. The number of halogens is 1. The number of carbonyl (C=O) groups excluding carboxylic acids is 1. The average Bonchev–Trinajstić information content (AvgIpc) is 2.84. The molecule has 0 bridgehead atoms. The summed E-state index contributed by atoms with van der Waals surface area (Å²) in [6, 6.07) is 4.05. The van der Waals surface area contributed by atoms with Crippen LogP contribution in [-0.2, 0) is 4.74 Å². The Morgan fingerprint density at radius 3 is 3.05 bits per heavy atom. The standard InChI is InChI=1S/C15H16FNO3/c1-15(6-8-20-10-15)17-14(19)12-9-11(3-2-7-18)4-5-13(12)16/h4-5,9,18H,6-8,10H2,1H3,(H,17,19). The van der Waals surface area contributed by atoms with E-state index in [0.717, 1.165) is 0 Å². The molecule has 5 heteroatoms. The fraction of sp³-hybridized carbons (Fsp3) is 0.400. The lowest BCUT2D eigenvalue weighted by Crippen LogP contribution is -2.46. The number of benzene rings is 1. The van der Waals surface area contributed by atoms with Gasteiger partial charge in [0.05, 0.1) is 17.7 Å². The van der Waals surface area contributed by atoms with Crippen molar-refractivity contribution in [2.24, 2.45) is 0 Å². The molecule has 1 aliphatic heterocycles. The highest BCUT2D eigenvalue weighted by Crippen LogP contribution is 2.19. The topological polar surface area (TPSA) is 58.6 Å². The molecule has 1 amide bonds. The molecule has 0 spiro atoms. The molecule has 1 aliphatic rings. The van der Waals surface area contributed by atoms with E-state index in [1.807, 2.05) is 6.92 Å². The maximum atomic E-state index is 13.8. The number of aliphatic hydroxyl groups excluding tert-OH is 1.